The van der Waals surface area contributed by atoms with E-state index in [1.807, 2.05) is 23.1 Å². The van der Waals surface area contributed by atoms with E-state index >= 15 is 0 Å². The number of nitrogens with zero attached hydrogens (tertiary/aromatic N) is 4. The van der Waals surface area contributed by atoms with Crippen molar-refractivity contribution in [2.24, 2.45) is 0 Å². The minimum absolute atomic E-state index is 0.156. The molecular weight excluding hydrogens is 280 g/mol. The fourth-order valence-electron chi connectivity index (χ4n) is 2.66. The summed E-state index contributed by atoms with van der Waals surface area (Å²) in [6, 6.07) is 10.3. The van der Waals surface area contributed by atoms with Gasteiger partial charge in [-0.05, 0) is 12.1 Å². The molecule has 2 heterocycles. The third-order valence-corrected chi connectivity index (χ3v) is 3.87. The topological polar surface area (TPSA) is 62.5 Å². The van der Waals surface area contributed by atoms with Crippen molar-refractivity contribution in [3.63, 3.8) is 0 Å². The van der Waals surface area contributed by atoms with E-state index in [0.29, 0.717) is 24.6 Å². The molecule has 1 aliphatic rings. The Labute approximate surface area is 129 Å². The highest BCUT2D eigenvalue weighted by atomic mass is 16.4. The van der Waals surface area contributed by atoms with Gasteiger partial charge in [0.2, 0.25) is 17.7 Å². The summed E-state index contributed by atoms with van der Waals surface area (Å²) >= 11 is 0. The highest BCUT2D eigenvalue weighted by molar-refractivity contribution is 5.76. The van der Waals surface area contributed by atoms with Crippen LogP contribution in [0.25, 0.3) is 0 Å². The molecule has 1 aromatic carbocycles. The third kappa shape index (κ3) is 3.44. The summed E-state index contributed by atoms with van der Waals surface area (Å²) < 4.78 is 5.29. The molecule has 1 fully saturated rings. The predicted octanol–water partition coefficient (Wildman–Crippen LogP) is 1.66. The van der Waals surface area contributed by atoms with Crippen LogP contribution in [0.3, 0.4) is 0 Å². The lowest BCUT2D eigenvalue weighted by molar-refractivity contribution is -0.131. The lowest BCUT2D eigenvalue weighted by atomic mass is 10.2. The van der Waals surface area contributed by atoms with E-state index in [4.69, 9.17) is 4.42 Å². The molecule has 0 saturated carbocycles. The zero-order valence-corrected chi connectivity index (χ0v) is 12.7. The molecule has 2 aromatic rings. The number of hydrogen-bond acceptors (Lipinski definition) is 5. The van der Waals surface area contributed by atoms with Gasteiger partial charge in [0.25, 0.3) is 0 Å². The molecule has 6 nitrogen and oxygen atoms in total. The van der Waals surface area contributed by atoms with Gasteiger partial charge in [0.1, 0.15) is 0 Å². The second kappa shape index (κ2) is 6.60. The molecule has 0 radical (unpaired) electrons. The zero-order valence-electron chi connectivity index (χ0n) is 12.7. The first-order chi connectivity index (χ1) is 10.7. The van der Waals surface area contributed by atoms with Gasteiger partial charge in [-0.15, -0.1) is 10.2 Å². The molecule has 1 amide bonds. The molecule has 1 aliphatic heterocycles. The average Bonchev–Trinajstić information content (AvgIpc) is 2.99. The summed E-state index contributed by atoms with van der Waals surface area (Å²) in [5.41, 5.74) is 1.22. The zero-order chi connectivity index (χ0) is 15.4. The van der Waals surface area contributed by atoms with Crippen LogP contribution in [0.15, 0.2) is 34.7 Å². The molecule has 6 heteroatoms. The van der Waals surface area contributed by atoms with Gasteiger partial charge in [-0.2, -0.15) is 0 Å². The van der Waals surface area contributed by atoms with Crippen molar-refractivity contribution in [3.8, 4) is 0 Å². The van der Waals surface area contributed by atoms with Crippen LogP contribution in [0.2, 0.25) is 0 Å². The van der Waals surface area contributed by atoms with E-state index in [0.717, 1.165) is 26.2 Å². The van der Waals surface area contributed by atoms with E-state index in [9.17, 15) is 4.79 Å². The van der Waals surface area contributed by atoms with E-state index < -0.39 is 0 Å². The van der Waals surface area contributed by atoms with Crippen molar-refractivity contribution in [2.75, 3.05) is 31.1 Å². The van der Waals surface area contributed by atoms with E-state index in [2.05, 4.69) is 27.2 Å². The molecule has 0 unspecified atom stereocenters. The maximum absolute atomic E-state index is 12.2. The van der Waals surface area contributed by atoms with Crippen LogP contribution in [0.5, 0.6) is 0 Å². The van der Waals surface area contributed by atoms with E-state index in [-0.39, 0.29) is 5.91 Å². The quantitative estimate of drug-likeness (QED) is 0.859. The van der Waals surface area contributed by atoms with E-state index in [1.165, 1.54) is 5.69 Å². The minimum Gasteiger partial charge on any atom is -0.426 e. The fourth-order valence-corrected chi connectivity index (χ4v) is 2.66. The third-order valence-electron chi connectivity index (χ3n) is 3.87. The number of aromatic nitrogens is 2. The van der Waals surface area contributed by atoms with Crippen LogP contribution in [0.4, 0.5) is 5.69 Å². The van der Waals surface area contributed by atoms with Crippen molar-refractivity contribution in [1.29, 1.82) is 0 Å². The predicted molar refractivity (Wildman–Crippen MR) is 82.6 cm³/mol. The molecule has 1 saturated heterocycles. The first kappa shape index (κ1) is 14.6. The Morgan fingerprint density at radius 2 is 1.86 bits per heavy atom. The standard InChI is InChI=1S/C16H20N4O2/c1-13-17-18-15(22-13)7-8-16(21)20-11-9-19(10-12-20)14-5-3-2-4-6-14/h2-6H,7-12H2,1H3. The highest BCUT2D eigenvalue weighted by Gasteiger charge is 2.21. The maximum atomic E-state index is 12.2. The summed E-state index contributed by atoms with van der Waals surface area (Å²) in [6.45, 7) is 5.01. The van der Waals surface area contributed by atoms with Gasteiger partial charge in [0.15, 0.2) is 0 Å². The van der Waals surface area contributed by atoms with Crippen LogP contribution >= 0.6 is 0 Å². The Bertz CT molecular complexity index is 618. The molecule has 0 bridgehead atoms. The number of carbonyl (C=O) groups excluding carboxylic acids is 1. The Morgan fingerprint density at radius 1 is 1.14 bits per heavy atom. The summed E-state index contributed by atoms with van der Waals surface area (Å²) in [5.74, 6) is 1.23. The second-order valence-corrected chi connectivity index (χ2v) is 5.42. The molecule has 116 valence electrons. The number of piperazine rings is 1. The van der Waals surface area contributed by atoms with Crippen LogP contribution in [0, 0.1) is 6.92 Å². The Kier molecular flexibility index (Phi) is 4.37. The summed E-state index contributed by atoms with van der Waals surface area (Å²) in [7, 11) is 0. The number of benzene rings is 1. The molecule has 1 aromatic heterocycles. The lowest BCUT2D eigenvalue weighted by Crippen LogP contribution is -2.48. The molecule has 0 spiro atoms. The number of para-hydroxylation sites is 1. The van der Waals surface area contributed by atoms with Gasteiger partial charge in [-0.25, -0.2) is 0 Å². The number of carbonyl (C=O) groups is 1. The van der Waals surface area contributed by atoms with E-state index in [1.54, 1.807) is 6.92 Å². The van der Waals surface area contributed by atoms with Gasteiger partial charge in [-0.3, -0.25) is 4.79 Å². The molecule has 0 aliphatic carbocycles. The average molecular weight is 300 g/mol. The van der Waals surface area contributed by atoms with Gasteiger partial charge in [-0.1, -0.05) is 18.2 Å². The van der Waals surface area contributed by atoms with Gasteiger partial charge < -0.3 is 14.2 Å². The van der Waals surface area contributed by atoms with Gasteiger partial charge in [0, 0.05) is 51.6 Å². The van der Waals surface area contributed by atoms with Crippen LogP contribution in [0.1, 0.15) is 18.2 Å². The van der Waals surface area contributed by atoms with Crippen molar-refractivity contribution in [1.82, 2.24) is 15.1 Å². The first-order valence-corrected chi connectivity index (χ1v) is 7.59. The first-order valence-electron chi connectivity index (χ1n) is 7.59. The van der Waals surface area contributed by atoms with Crippen molar-refractivity contribution < 1.29 is 9.21 Å². The smallest absolute Gasteiger partial charge is 0.223 e. The van der Waals surface area contributed by atoms with Crippen LogP contribution in [-0.4, -0.2) is 47.2 Å². The summed E-state index contributed by atoms with van der Waals surface area (Å²) in [4.78, 5) is 16.5. The largest absolute Gasteiger partial charge is 0.426 e. The second-order valence-electron chi connectivity index (χ2n) is 5.42. The Morgan fingerprint density at radius 3 is 2.50 bits per heavy atom. The van der Waals surface area contributed by atoms with Gasteiger partial charge in [0.05, 0.1) is 0 Å². The number of rotatable bonds is 4. The monoisotopic (exact) mass is 300 g/mol. The van der Waals surface area contributed by atoms with Crippen molar-refractivity contribution in [3.05, 3.63) is 42.1 Å². The van der Waals surface area contributed by atoms with Gasteiger partial charge >= 0.3 is 0 Å². The molecular formula is C16H20N4O2. The Balaban J connectivity index is 1.47. The number of hydrogen-bond donors (Lipinski definition) is 0. The fraction of sp³-hybridized carbons (Fsp3) is 0.438. The molecule has 3 rings (SSSR count). The SMILES string of the molecule is Cc1nnc(CCC(=O)N2CCN(c3ccccc3)CC2)o1. The van der Waals surface area contributed by atoms with Crippen molar-refractivity contribution in [2.45, 2.75) is 19.8 Å². The number of anilines is 1. The molecule has 22 heavy (non-hydrogen) atoms. The lowest BCUT2D eigenvalue weighted by Gasteiger charge is -2.36. The number of aryl methyl sites for hydroxylation is 2. The summed E-state index contributed by atoms with van der Waals surface area (Å²) in [5, 5.41) is 7.69. The normalized spacial score (nSPS) is 15.1. The van der Waals surface area contributed by atoms with Crippen LogP contribution < -0.4 is 4.90 Å². The van der Waals surface area contributed by atoms with Crippen molar-refractivity contribution >= 4 is 11.6 Å². The summed E-state index contributed by atoms with van der Waals surface area (Å²) in [6.07, 6.45) is 0.936. The highest BCUT2D eigenvalue weighted by Crippen LogP contribution is 2.16. The molecule has 0 atom stereocenters. The van der Waals surface area contributed by atoms with Crippen LogP contribution in [-0.2, 0) is 11.2 Å². The Hall–Kier alpha value is -2.37. The maximum Gasteiger partial charge on any atom is 0.223 e. The minimum atomic E-state index is 0.156. The molecule has 0 N–H and O–H groups in total. The number of amides is 1.